The van der Waals surface area contributed by atoms with Crippen molar-refractivity contribution in [3.63, 3.8) is 0 Å². The van der Waals surface area contributed by atoms with Gasteiger partial charge < -0.3 is 21.1 Å². The number of hydrogen-bond donors (Lipinski definition) is 3. The summed E-state index contributed by atoms with van der Waals surface area (Å²) in [5, 5.41) is 5.22. The fourth-order valence-corrected chi connectivity index (χ4v) is 1.49. The summed E-state index contributed by atoms with van der Waals surface area (Å²) in [5.41, 5.74) is 5.42. The van der Waals surface area contributed by atoms with Gasteiger partial charge >= 0.3 is 5.97 Å². The van der Waals surface area contributed by atoms with E-state index in [-0.39, 0.29) is 18.6 Å². The maximum Gasteiger partial charge on any atom is 0.332 e. The summed E-state index contributed by atoms with van der Waals surface area (Å²) in [5.74, 6) is -1.36. The normalized spacial score (nSPS) is 21.3. The lowest BCUT2D eigenvalue weighted by Crippen LogP contribution is -2.54. The highest BCUT2D eigenvalue weighted by molar-refractivity contribution is 6.01. The number of amides is 2. The Kier molecular flexibility index (Phi) is 4.89. The minimum Gasteiger partial charge on any atom is -0.464 e. The molecule has 0 aromatic carbocycles. The zero-order valence-corrected chi connectivity index (χ0v) is 9.69. The number of rotatable bonds is 4. The van der Waals surface area contributed by atoms with Crippen molar-refractivity contribution < 1.29 is 19.1 Å². The molecule has 1 rings (SSSR count). The molecule has 2 amide bonds. The summed E-state index contributed by atoms with van der Waals surface area (Å²) in [7, 11) is 0. The van der Waals surface area contributed by atoms with Crippen molar-refractivity contribution in [1.82, 2.24) is 10.6 Å². The van der Waals surface area contributed by atoms with Crippen LogP contribution in [0.3, 0.4) is 0 Å². The third kappa shape index (κ3) is 4.03. The van der Waals surface area contributed by atoms with E-state index >= 15 is 0 Å². The van der Waals surface area contributed by atoms with Gasteiger partial charge in [0.05, 0.1) is 6.61 Å². The molecule has 7 heteroatoms. The van der Waals surface area contributed by atoms with Gasteiger partial charge in [-0.15, -0.1) is 0 Å². The Balaban J connectivity index is 2.38. The largest absolute Gasteiger partial charge is 0.464 e. The van der Waals surface area contributed by atoms with Gasteiger partial charge in [-0.05, 0) is 13.3 Å². The standard InChI is InChI=1S/C10H17N3O4/c1-2-17-10(16)8(11)9(15)13-6-3-4-7(14)12-5-6/h6,8H,2-5,11H2,1H3,(H,12,14)(H,13,15). The molecule has 0 radical (unpaired) electrons. The molecule has 1 fully saturated rings. The van der Waals surface area contributed by atoms with Crippen LogP contribution < -0.4 is 16.4 Å². The van der Waals surface area contributed by atoms with Gasteiger partial charge in [-0.25, -0.2) is 4.79 Å². The van der Waals surface area contributed by atoms with Crippen LogP contribution in [0.15, 0.2) is 0 Å². The van der Waals surface area contributed by atoms with Crippen molar-refractivity contribution in [2.45, 2.75) is 31.8 Å². The Hall–Kier alpha value is -1.63. The van der Waals surface area contributed by atoms with E-state index in [2.05, 4.69) is 15.4 Å². The van der Waals surface area contributed by atoms with Crippen LogP contribution in [0.2, 0.25) is 0 Å². The molecule has 0 aromatic heterocycles. The Morgan fingerprint density at radius 3 is 2.88 bits per heavy atom. The second-order valence-electron chi connectivity index (χ2n) is 3.78. The zero-order chi connectivity index (χ0) is 12.8. The van der Waals surface area contributed by atoms with Gasteiger partial charge in [0.1, 0.15) is 0 Å². The number of nitrogens with one attached hydrogen (secondary N) is 2. The maximum absolute atomic E-state index is 11.6. The van der Waals surface area contributed by atoms with E-state index in [1.54, 1.807) is 6.92 Å². The molecular weight excluding hydrogens is 226 g/mol. The van der Waals surface area contributed by atoms with Crippen LogP contribution >= 0.6 is 0 Å². The number of esters is 1. The minimum atomic E-state index is -1.31. The summed E-state index contributed by atoms with van der Waals surface area (Å²) in [6.45, 7) is 2.18. The topological polar surface area (TPSA) is 111 Å². The number of carbonyl (C=O) groups is 3. The summed E-state index contributed by atoms with van der Waals surface area (Å²) in [4.78, 5) is 33.7. The van der Waals surface area contributed by atoms with Crippen molar-refractivity contribution in [2.75, 3.05) is 13.2 Å². The number of ether oxygens (including phenoxy) is 1. The second kappa shape index (κ2) is 6.19. The average molecular weight is 243 g/mol. The molecule has 0 saturated carbocycles. The smallest absolute Gasteiger partial charge is 0.332 e. The number of piperidine rings is 1. The first-order valence-electron chi connectivity index (χ1n) is 5.54. The fraction of sp³-hybridized carbons (Fsp3) is 0.700. The molecule has 0 aromatic rings. The third-order valence-corrected chi connectivity index (χ3v) is 2.43. The Morgan fingerprint density at radius 1 is 1.65 bits per heavy atom. The van der Waals surface area contributed by atoms with Gasteiger partial charge in [0.25, 0.3) is 0 Å². The van der Waals surface area contributed by atoms with E-state index in [0.717, 1.165) is 0 Å². The molecule has 2 unspecified atom stereocenters. The number of nitrogens with two attached hydrogens (primary N) is 1. The molecule has 2 atom stereocenters. The summed E-state index contributed by atoms with van der Waals surface area (Å²) >= 11 is 0. The maximum atomic E-state index is 11.6. The van der Waals surface area contributed by atoms with Crippen LogP contribution in [0.1, 0.15) is 19.8 Å². The summed E-state index contributed by atoms with van der Waals surface area (Å²) in [6.07, 6.45) is 0.909. The SMILES string of the molecule is CCOC(=O)C(N)C(=O)NC1CCC(=O)NC1. The molecule has 0 spiro atoms. The van der Waals surface area contributed by atoms with Crippen LogP contribution in [-0.2, 0) is 19.1 Å². The van der Waals surface area contributed by atoms with Gasteiger partial charge in [-0.2, -0.15) is 0 Å². The molecule has 4 N–H and O–H groups in total. The molecule has 0 bridgehead atoms. The Labute approximate surface area is 99.1 Å². The molecule has 1 aliphatic rings. The quantitative estimate of drug-likeness (QED) is 0.401. The van der Waals surface area contributed by atoms with Gasteiger partial charge in [-0.3, -0.25) is 9.59 Å². The lowest BCUT2D eigenvalue weighted by Gasteiger charge is -2.24. The van der Waals surface area contributed by atoms with E-state index in [0.29, 0.717) is 19.4 Å². The predicted octanol–water partition coefficient (Wildman–Crippen LogP) is -1.73. The lowest BCUT2D eigenvalue weighted by molar-refractivity contribution is -0.148. The van der Waals surface area contributed by atoms with Gasteiger partial charge in [0.2, 0.25) is 11.8 Å². The fourth-order valence-electron chi connectivity index (χ4n) is 1.49. The van der Waals surface area contributed by atoms with E-state index in [9.17, 15) is 14.4 Å². The highest BCUT2D eigenvalue weighted by Gasteiger charge is 2.27. The predicted molar refractivity (Wildman–Crippen MR) is 58.8 cm³/mol. The van der Waals surface area contributed by atoms with Gasteiger partial charge in [0.15, 0.2) is 6.04 Å². The van der Waals surface area contributed by atoms with Crippen LogP contribution in [0.25, 0.3) is 0 Å². The van der Waals surface area contributed by atoms with Crippen molar-refractivity contribution in [3.8, 4) is 0 Å². The number of carbonyl (C=O) groups excluding carboxylic acids is 3. The van der Waals surface area contributed by atoms with E-state index in [4.69, 9.17) is 5.73 Å². The Bertz CT molecular complexity index is 309. The van der Waals surface area contributed by atoms with Crippen LogP contribution in [0.5, 0.6) is 0 Å². The van der Waals surface area contributed by atoms with Crippen molar-refractivity contribution in [1.29, 1.82) is 0 Å². The Morgan fingerprint density at radius 2 is 2.35 bits per heavy atom. The molecule has 1 heterocycles. The van der Waals surface area contributed by atoms with Gasteiger partial charge in [0, 0.05) is 19.0 Å². The molecule has 1 aliphatic heterocycles. The van der Waals surface area contributed by atoms with E-state index in [1.807, 2.05) is 0 Å². The van der Waals surface area contributed by atoms with E-state index < -0.39 is 17.9 Å². The highest BCUT2D eigenvalue weighted by Crippen LogP contribution is 2.02. The third-order valence-electron chi connectivity index (χ3n) is 2.43. The number of hydrogen-bond acceptors (Lipinski definition) is 5. The highest BCUT2D eigenvalue weighted by atomic mass is 16.5. The monoisotopic (exact) mass is 243 g/mol. The first kappa shape index (κ1) is 13.4. The van der Waals surface area contributed by atoms with Gasteiger partial charge in [-0.1, -0.05) is 0 Å². The molecule has 17 heavy (non-hydrogen) atoms. The molecule has 0 aliphatic carbocycles. The summed E-state index contributed by atoms with van der Waals surface area (Å²) in [6, 6.07) is -1.49. The molecular formula is C10H17N3O4. The van der Waals surface area contributed by atoms with Crippen molar-refractivity contribution in [3.05, 3.63) is 0 Å². The van der Waals surface area contributed by atoms with E-state index in [1.165, 1.54) is 0 Å². The zero-order valence-electron chi connectivity index (χ0n) is 9.69. The molecule has 1 saturated heterocycles. The second-order valence-corrected chi connectivity index (χ2v) is 3.78. The molecule has 96 valence electrons. The lowest BCUT2D eigenvalue weighted by atomic mass is 10.1. The van der Waals surface area contributed by atoms with Crippen LogP contribution in [0, 0.1) is 0 Å². The van der Waals surface area contributed by atoms with Crippen molar-refractivity contribution in [2.24, 2.45) is 5.73 Å². The first-order valence-corrected chi connectivity index (χ1v) is 5.54. The minimum absolute atomic E-state index is 0.0369. The van der Waals surface area contributed by atoms with Crippen molar-refractivity contribution >= 4 is 17.8 Å². The van der Waals surface area contributed by atoms with Crippen LogP contribution in [-0.4, -0.2) is 43.0 Å². The first-order chi connectivity index (χ1) is 8.04. The molecule has 7 nitrogen and oxygen atoms in total. The average Bonchev–Trinajstić information content (AvgIpc) is 2.31. The summed E-state index contributed by atoms with van der Waals surface area (Å²) < 4.78 is 4.64. The van der Waals surface area contributed by atoms with Crippen LogP contribution in [0.4, 0.5) is 0 Å².